The number of fused-ring (bicyclic) bond motifs is 1. The Balaban J connectivity index is 1.84. The van der Waals surface area contributed by atoms with E-state index >= 15 is 0 Å². The van der Waals surface area contributed by atoms with Crippen molar-refractivity contribution in [3.8, 4) is 11.5 Å². The lowest BCUT2D eigenvalue weighted by Gasteiger charge is -2.24. The van der Waals surface area contributed by atoms with Crippen molar-refractivity contribution in [2.24, 2.45) is 0 Å². The highest BCUT2D eigenvalue weighted by molar-refractivity contribution is 7.90. The highest BCUT2D eigenvalue weighted by atomic mass is 32.2. The molecule has 178 valence electrons. The normalized spacial score (nSPS) is 14.8. The smallest absolute Gasteiger partial charge is 0.251 e. The number of anilines is 1. The summed E-state index contributed by atoms with van der Waals surface area (Å²) in [6.07, 6.45) is 1.91. The summed E-state index contributed by atoms with van der Waals surface area (Å²) in [5.41, 5.74) is 2.98. The molecule has 0 radical (unpaired) electrons. The molecule has 3 aromatic rings. The van der Waals surface area contributed by atoms with Gasteiger partial charge in [0, 0.05) is 32.2 Å². The average Bonchev–Trinajstić information content (AvgIpc) is 3.30. The minimum Gasteiger partial charge on any atom is -0.454 e. The molecule has 8 heteroatoms. The van der Waals surface area contributed by atoms with Gasteiger partial charge in [-0.1, -0.05) is 55.8 Å². The second-order valence-electron chi connectivity index (χ2n) is 8.22. The van der Waals surface area contributed by atoms with Gasteiger partial charge >= 0.3 is 0 Å². The highest BCUT2D eigenvalue weighted by Crippen LogP contribution is 2.41. The minimum absolute atomic E-state index is 0.184. The van der Waals surface area contributed by atoms with E-state index in [0.717, 1.165) is 24.0 Å². The van der Waals surface area contributed by atoms with Crippen LogP contribution in [-0.2, 0) is 23.0 Å². The van der Waals surface area contributed by atoms with Crippen LogP contribution in [0.3, 0.4) is 0 Å². The fraction of sp³-hybridized carbons (Fsp3) is 0.269. The third-order valence-electron chi connectivity index (χ3n) is 5.83. The van der Waals surface area contributed by atoms with E-state index in [9.17, 15) is 9.00 Å². The third kappa shape index (κ3) is 4.93. The fourth-order valence-corrected chi connectivity index (χ4v) is 5.56. The molecule has 1 atom stereocenters. The van der Waals surface area contributed by atoms with Gasteiger partial charge in [0.15, 0.2) is 5.75 Å². The molecule has 0 bridgehead atoms. The number of amides is 1. The first kappa shape index (κ1) is 23.8. The van der Waals surface area contributed by atoms with E-state index in [-0.39, 0.29) is 10.8 Å². The quantitative estimate of drug-likeness (QED) is 0.360. The van der Waals surface area contributed by atoms with Crippen LogP contribution in [0, 0.1) is 4.78 Å². The minimum atomic E-state index is -3.49. The molecule has 3 aromatic carbocycles. The highest BCUT2D eigenvalue weighted by Gasteiger charge is 2.32. The Labute approximate surface area is 201 Å². The molecular formula is C26H30N4O3S. The van der Waals surface area contributed by atoms with Crippen LogP contribution in [0.5, 0.6) is 11.5 Å². The van der Waals surface area contributed by atoms with Gasteiger partial charge in [0.1, 0.15) is 20.6 Å². The van der Waals surface area contributed by atoms with E-state index in [0.29, 0.717) is 42.4 Å². The summed E-state index contributed by atoms with van der Waals surface area (Å²) in [7, 11) is -1.93. The summed E-state index contributed by atoms with van der Waals surface area (Å²) in [6.45, 7) is 3.54. The van der Waals surface area contributed by atoms with Gasteiger partial charge in [0.05, 0.1) is 5.69 Å². The van der Waals surface area contributed by atoms with E-state index in [1.54, 1.807) is 17.4 Å². The number of carbonyl (C=O) groups excluding carboxylic acids is 1. The topological polar surface area (TPSA) is 94.5 Å². The van der Waals surface area contributed by atoms with Crippen LogP contribution in [0.25, 0.3) is 0 Å². The van der Waals surface area contributed by atoms with Gasteiger partial charge < -0.3 is 15.4 Å². The maximum atomic E-state index is 14.2. The number of hydrogen-bond donors (Lipinski definition) is 3. The molecule has 4 rings (SSSR count). The molecule has 7 nitrogen and oxygen atoms in total. The van der Waals surface area contributed by atoms with Gasteiger partial charge in [-0.15, -0.1) is 0 Å². The van der Waals surface area contributed by atoms with E-state index < -0.39 is 9.92 Å². The monoisotopic (exact) mass is 478 g/mol. The molecule has 1 aliphatic heterocycles. The summed E-state index contributed by atoms with van der Waals surface area (Å²) in [5.74, 6) is 0.562. The van der Waals surface area contributed by atoms with Crippen LogP contribution >= 0.6 is 0 Å². The van der Waals surface area contributed by atoms with Gasteiger partial charge in [-0.2, -0.15) is 0 Å². The number of nitrogens with zero attached hydrogens (tertiary/aromatic N) is 1. The zero-order valence-corrected chi connectivity index (χ0v) is 20.3. The van der Waals surface area contributed by atoms with Crippen LogP contribution < -0.4 is 15.4 Å². The summed E-state index contributed by atoms with van der Waals surface area (Å²) >= 11 is 0. The Bertz CT molecular complexity index is 1250. The molecule has 0 saturated carbocycles. The Morgan fingerprint density at radius 1 is 1.06 bits per heavy atom. The van der Waals surface area contributed by atoms with Crippen molar-refractivity contribution in [1.29, 1.82) is 4.78 Å². The Morgan fingerprint density at radius 2 is 1.71 bits per heavy atom. The molecular weight excluding hydrogens is 448 g/mol. The van der Waals surface area contributed by atoms with Crippen LogP contribution in [0.1, 0.15) is 41.3 Å². The molecule has 1 unspecified atom stereocenters. The van der Waals surface area contributed by atoms with Crippen LogP contribution in [-0.4, -0.2) is 28.0 Å². The Kier molecular flexibility index (Phi) is 7.19. The average molecular weight is 479 g/mol. The van der Waals surface area contributed by atoms with E-state index in [2.05, 4.69) is 17.6 Å². The van der Waals surface area contributed by atoms with Gasteiger partial charge in [-0.05, 0) is 41.8 Å². The molecule has 0 spiro atoms. The van der Waals surface area contributed by atoms with Crippen molar-refractivity contribution in [2.45, 2.75) is 37.8 Å². The molecule has 1 heterocycles. The van der Waals surface area contributed by atoms with Crippen molar-refractivity contribution in [1.82, 2.24) is 9.62 Å². The molecule has 0 saturated heterocycles. The lowest BCUT2D eigenvalue weighted by atomic mass is 10.1. The van der Waals surface area contributed by atoms with E-state index in [4.69, 9.17) is 9.52 Å². The number of carbonyl (C=O) groups is 1. The van der Waals surface area contributed by atoms with E-state index in [1.165, 1.54) is 6.07 Å². The largest absolute Gasteiger partial charge is 0.454 e. The van der Waals surface area contributed by atoms with Gasteiger partial charge in [0.25, 0.3) is 5.91 Å². The van der Waals surface area contributed by atoms with Gasteiger partial charge in [-0.3, -0.25) is 4.79 Å². The standard InChI is InChI=1S/C26H30N4O3S/c1-3-4-14-29-23-15-21(26(31)28-2)16-24(25(23)33-22-12-6-5-7-13-22)34(27,32)30-17-19-10-8-9-11-20(19)18-30/h5-13,15-16,27,29H,3-4,14,17-18H2,1-2H3,(H,28,31). The van der Waals surface area contributed by atoms with E-state index in [1.807, 2.05) is 54.6 Å². The number of benzene rings is 3. The van der Waals surface area contributed by atoms with Crippen molar-refractivity contribution >= 4 is 21.5 Å². The lowest BCUT2D eigenvalue weighted by molar-refractivity contribution is 0.0963. The maximum absolute atomic E-state index is 14.2. The maximum Gasteiger partial charge on any atom is 0.251 e. The summed E-state index contributed by atoms with van der Waals surface area (Å²) in [6, 6.07) is 20.3. The molecule has 0 aliphatic carbocycles. The third-order valence-corrected chi connectivity index (χ3v) is 7.71. The van der Waals surface area contributed by atoms with Crippen molar-refractivity contribution < 1.29 is 13.7 Å². The van der Waals surface area contributed by atoms with Crippen LogP contribution in [0.15, 0.2) is 71.6 Å². The Morgan fingerprint density at radius 3 is 2.32 bits per heavy atom. The summed E-state index contributed by atoms with van der Waals surface area (Å²) in [4.78, 5) is 12.8. The fourth-order valence-electron chi connectivity index (χ4n) is 3.95. The van der Waals surface area contributed by atoms with Crippen LogP contribution in [0.2, 0.25) is 0 Å². The van der Waals surface area contributed by atoms with Gasteiger partial charge in [0.2, 0.25) is 0 Å². The van der Waals surface area contributed by atoms with Crippen molar-refractivity contribution in [3.63, 3.8) is 0 Å². The molecule has 0 fully saturated rings. The first-order valence-electron chi connectivity index (χ1n) is 11.4. The SMILES string of the molecule is CCCCNc1cc(C(=O)NC)cc(S(=N)(=O)N2Cc3ccccc3C2)c1Oc1ccccc1. The predicted octanol–water partition coefficient (Wildman–Crippen LogP) is 5.39. The molecule has 1 aliphatic rings. The number of rotatable bonds is 9. The lowest BCUT2D eigenvalue weighted by Crippen LogP contribution is -2.26. The first-order valence-corrected chi connectivity index (χ1v) is 12.9. The second-order valence-corrected chi connectivity index (χ2v) is 10.2. The first-order chi connectivity index (χ1) is 16.4. The number of hydrogen-bond acceptors (Lipinski definition) is 5. The predicted molar refractivity (Wildman–Crippen MR) is 135 cm³/mol. The summed E-state index contributed by atoms with van der Waals surface area (Å²) in [5, 5.41) is 5.97. The van der Waals surface area contributed by atoms with Crippen LogP contribution in [0.4, 0.5) is 5.69 Å². The zero-order chi connectivity index (χ0) is 24.1. The summed E-state index contributed by atoms with van der Waals surface area (Å²) < 4.78 is 31.1. The second kappa shape index (κ2) is 10.3. The molecule has 1 amide bonds. The number of unbranched alkanes of at least 4 members (excludes halogenated alkanes) is 1. The van der Waals surface area contributed by atoms with Gasteiger partial charge in [-0.25, -0.2) is 13.3 Å². The number of nitrogens with one attached hydrogen (secondary N) is 3. The molecule has 0 aromatic heterocycles. The Hall–Kier alpha value is -3.36. The van der Waals surface area contributed by atoms with Crippen molar-refractivity contribution in [2.75, 3.05) is 18.9 Å². The zero-order valence-electron chi connectivity index (χ0n) is 19.5. The molecule has 34 heavy (non-hydrogen) atoms. The number of para-hydroxylation sites is 1. The van der Waals surface area contributed by atoms with Crippen molar-refractivity contribution in [3.05, 3.63) is 83.4 Å². The number of ether oxygens (including phenoxy) is 1. The molecule has 3 N–H and O–H groups in total.